The number of thioether (sulfide) groups is 1. The highest BCUT2D eigenvalue weighted by Crippen LogP contribution is 2.24. The van der Waals surface area contributed by atoms with Crippen LogP contribution in [0.25, 0.3) is 5.69 Å². The number of amides is 1. The molecule has 0 saturated heterocycles. The third kappa shape index (κ3) is 6.27. The SMILES string of the molecule is CC(C)N(Cc1ccccc1)C(=O)CSc1nnc(COc2ccccc2F)n1-c1ccccc1. The second-order valence-electron chi connectivity index (χ2n) is 8.18. The molecule has 0 aliphatic rings. The zero-order valence-electron chi connectivity index (χ0n) is 19.7. The Morgan fingerprint density at radius 1 is 0.971 bits per heavy atom. The van der Waals surface area contributed by atoms with E-state index in [1.54, 1.807) is 18.2 Å². The van der Waals surface area contributed by atoms with Crippen molar-refractivity contribution < 1.29 is 13.9 Å². The van der Waals surface area contributed by atoms with Gasteiger partial charge in [-0.25, -0.2) is 4.39 Å². The van der Waals surface area contributed by atoms with E-state index in [1.807, 2.05) is 84.0 Å². The van der Waals surface area contributed by atoms with E-state index in [0.717, 1.165) is 11.3 Å². The third-order valence-corrected chi connectivity index (χ3v) is 6.29. The molecule has 0 bridgehead atoms. The summed E-state index contributed by atoms with van der Waals surface area (Å²) < 4.78 is 21.5. The number of carbonyl (C=O) groups excluding carboxylic acids is 1. The summed E-state index contributed by atoms with van der Waals surface area (Å²) in [6.45, 7) is 4.60. The summed E-state index contributed by atoms with van der Waals surface area (Å²) in [4.78, 5) is 15.0. The van der Waals surface area contributed by atoms with Gasteiger partial charge in [0.25, 0.3) is 0 Å². The number of ether oxygens (including phenoxy) is 1. The topological polar surface area (TPSA) is 60.3 Å². The summed E-state index contributed by atoms with van der Waals surface area (Å²) in [6.07, 6.45) is 0. The van der Waals surface area contributed by atoms with Crippen molar-refractivity contribution in [3.8, 4) is 11.4 Å². The van der Waals surface area contributed by atoms with Crippen molar-refractivity contribution in [2.24, 2.45) is 0 Å². The molecule has 4 aromatic rings. The molecule has 0 aliphatic heterocycles. The predicted octanol–water partition coefficient (Wildman–Crippen LogP) is 5.51. The average Bonchev–Trinajstić information content (AvgIpc) is 3.29. The van der Waals surface area contributed by atoms with Crippen LogP contribution in [0.3, 0.4) is 0 Å². The molecule has 0 N–H and O–H groups in total. The number of hydrogen-bond donors (Lipinski definition) is 0. The maximum atomic E-state index is 14.0. The van der Waals surface area contributed by atoms with E-state index in [9.17, 15) is 9.18 Å². The second-order valence-corrected chi connectivity index (χ2v) is 9.12. The van der Waals surface area contributed by atoms with E-state index in [1.165, 1.54) is 17.8 Å². The Labute approximate surface area is 208 Å². The molecule has 1 aromatic heterocycles. The summed E-state index contributed by atoms with van der Waals surface area (Å²) in [5, 5.41) is 9.17. The number of nitrogens with zero attached hydrogens (tertiary/aromatic N) is 4. The lowest BCUT2D eigenvalue weighted by Crippen LogP contribution is -2.37. The molecule has 0 radical (unpaired) electrons. The Hall–Kier alpha value is -3.65. The van der Waals surface area contributed by atoms with Crippen molar-refractivity contribution in [1.29, 1.82) is 0 Å². The Balaban J connectivity index is 1.51. The van der Waals surface area contributed by atoms with Crippen molar-refractivity contribution in [3.63, 3.8) is 0 Å². The minimum Gasteiger partial charge on any atom is -0.483 e. The number of halogens is 1. The maximum absolute atomic E-state index is 14.0. The largest absolute Gasteiger partial charge is 0.483 e. The first kappa shape index (κ1) is 24.5. The zero-order chi connectivity index (χ0) is 24.6. The fourth-order valence-corrected chi connectivity index (χ4v) is 4.43. The van der Waals surface area contributed by atoms with Crippen molar-refractivity contribution in [3.05, 3.63) is 102 Å². The highest BCUT2D eigenvalue weighted by atomic mass is 32.2. The van der Waals surface area contributed by atoms with E-state index in [0.29, 0.717) is 17.5 Å². The lowest BCUT2D eigenvalue weighted by molar-refractivity contribution is -0.130. The van der Waals surface area contributed by atoms with Crippen molar-refractivity contribution >= 4 is 17.7 Å². The molecule has 0 spiro atoms. The molecule has 180 valence electrons. The first-order chi connectivity index (χ1) is 17.0. The summed E-state index contributed by atoms with van der Waals surface area (Å²) in [6, 6.07) is 25.8. The van der Waals surface area contributed by atoms with Crippen LogP contribution in [-0.4, -0.2) is 37.4 Å². The number of hydrogen-bond acceptors (Lipinski definition) is 5. The predicted molar refractivity (Wildman–Crippen MR) is 135 cm³/mol. The molecule has 1 heterocycles. The summed E-state index contributed by atoms with van der Waals surface area (Å²) in [7, 11) is 0. The monoisotopic (exact) mass is 490 g/mol. The minimum absolute atomic E-state index is 0.0145. The van der Waals surface area contributed by atoms with Crippen LogP contribution in [-0.2, 0) is 17.9 Å². The van der Waals surface area contributed by atoms with Crippen LogP contribution in [0.5, 0.6) is 5.75 Å². The standard InChI is InChI=1S/C27H27FN4O2S/c1-20(2)31(17-21-11-5-3-6-12-21)26(33)19-35-27-30-29-25(32(27)22-13-7-4-8-14-22)18-34-24-16-10-9-15-23(24)28/h3-16,20H,17-19H2,1-2H3. The fourth-order valence-electron chi connectivity index (χ4n) is 3.58. The molecule has 3 aromatic carbocycles. The van der Waals surface area contributed by atoms with E-state index in [4.69, 9.17) is 4.74 Å². The Morgan fingerprint density at radius 3 is 2.31 bits per heavy atom. The molecule has 6 nitrogen and oxygen atoms in total. The van der Waals surface area contributed by atoms with Crippen LogP contribution >= 0.6 is 11.8 Å². The van der Waals surface area contributed by atoms with Gasteiger partial charge in [-0.2, -0.15) is 0 Å². The Bertz CT molecular complexity index is 1250. The van der Waals surface area contributed by atoms with Crippen LogP contribution in [0.4, 0.5) is 4.39 Å². The normalized spacial score (nSPS) is 11.0. The van der Waals surface area contributed by atoms with E-state index >= 15 is 0 Å². The maximum Gasteiger partial charge on any atom is 0.233 e. The van der Waals surface area contributed by atoms with Gasteiger partial charge in [0.15, 0.2) is 22.5 Å². The number of aromatic nitrogens is 3. The smallest absolute Gasteiger partial charge is 0.233 e. The van der Waals surface area contributed by atoms with Gasteiger partial charge in [-0.05, 0) is 43.7 Å². The molecular formula is C27H27FN4O2S. The molecule has 0 fully saturated rings. The highest BCUT2D eigenvalue weighted by Gasteiger charge is 2.21. The zero-order valence-corrected chi connectivity index (χ0v) is 20.5. The first-order valence-corrected chi connectivity index (χ1v) is 12.3. The molecule has 4 rings (SSSR count). The summed E-state index contributed by atoms with van der Waals surface area (Å²) in [5.41, 5.74) is 1.92. The van der Waals surface area contributed by atoms with Crippen LogP contribution < -0.4 is 4.74 Å². The number of carbonyl (C=O) groups is 1. The van der Waals surface area contributed by atoms with E-state index in [-0.39, 0.29) is 30.1 Å². The average molecular weight is 491 g/mol. The minimum atomic E-state index is -0.439. The van der Waals surface area contributed by atoms with Gasteiger partial charge < -0.3 is 9.64 Å². The van der Waals surface area contributed by atoms with E-state index < -0.39 is 5.82 Å². The molecule has 8 heteroatoms. The van der Waals surface area contributed by atoms with Gasteiger partial charge >= 0.3 is 0 Å². The Kier molecular flexibility index (Phi) is 8.15. The third-order valence-electron chi connectivity index (χ3n) is 5.37. The highest BCUT2D eigenvalue weighted by molar-refractivity contribution is 7.99. The summed E-state index contributed by atoms with van der Waals surface area (Å²) in [5.74, 6) is 0.447. The summed E-state index contributed by atoms with van der Waals surface area (Å²) >= 11 is 1.32. The van der Waals surface area contributed by atoms with Crippen LogP contribution in [0, 0.1) is 5.82 Å². The van der Waals surface area contributed by atoms with Gasteiger partial charge in [-0.3, -0.25) is 9.36 Å². The van der Waals surface area contributed by atoms with Gasteiger partial charge in [0.1, 0.15) is 6.61 Å². The van der Waals surface area contributed by atoms with Crippen LogP contribution in [0.2, 0.25) is 0 Å². The van der Waals surface area contributed by atoms with Crippen molar-refractivity contribution in [2.75, 3.05) is 5.75 Å². The van der Waals surface area contributed by atoms with Crippen LogP contribution in [0.1, 0.15) is 25.2 Å². The number of rotatable bonds is 10. The molecule has 0 atom stereocenters. The Morgan fingerprint density at radius 2 is 1.63 bits per heavy atom. The second kappa shape index (κ2) is 11.7. The molecule has 0 saturated carbocycles. The van der Waals surface area contributed by atoms with Gasteiger partial charge in [0.05, 0.1) is 5.75 Å². The van der Waals surface area contributed by atoms with Gasteiger partial charge in [0.2, 0.25) is 5.91 Å². The molecular weight excluding hydrogens is 463 g/mol. The quantitative estimate of drug-likeness (QED) is 0.274. The van der Waals surface area contributed by atoms with Gasteiger partial charge in [0, 0.05) is 18.3 Å². The molecule has 0 unspecified atom stereocenters. The lowest BCUT2D eigenvalue weighted by Gasteiger charge is -2.27. The molecule has 1 amide bonds. The number of para-hydroxylation sites is 2. The lowest BCUT2D eigenvalue weighted by atomic mass is 10.2. The van der Waals surface area contributed by atoms with E-state index in [2.05, 4.69) is 10.2 Å². The van der Waals surface area contributed by atoms with Crippen LogP contribution in [0.15, 0.2) is 90.1 Å². The van der Waals surface area contributed by atoms with Gasteiger partial charge in [-0.1, -0.05) is 72.4 Å². The van der Waals surface area contributed by atoms with Gasteiger partial charge in [-0.15, -0.1) is 10.2 Å². The number of benzene rings is 3. The molecule has 0 aliphatic carbocycles. The fraction of sp³-hybridized carbons (Fsp3) is 0.222. The first-order valence-electron chi connectivity index (χ1n) is 11.4. The van der Waals surface area contributed by atoms with Crippen molar-refractivity contribution in [1.82, 2.24) is 19.7 Å². The molecule has 35 heavy (non-hydrogen) atoms. The van der Waals surface area contributed by atoms with Crippen molar-refractivity contribution in [2.45, 2.75) is 38.2 Å².